The van der Waals surface area contributed by atoms with Crippen LogP contribution in [0.1, 0.15) is 77.4 Å². The lowest BCUT2D eigenvalue weighted by Crippen LogP contribution is -2.43. The van der Waals surface area contributed by atoms with Crippen LogP contribution in [-0.2, 0) is 40.9 Å². The number of benzene rings is 4. The molecule has 0 radical (unpaired) electrons. The minimum absolute atomic E-state index is 0.0364. The van der Waals surface area contributed by atoms with Crippen LogP contribution in [0, 0.1) is 3.57 Å². The van der Waals surface area contributed by atoms with Crippen LogP contribution in [0.2, 0.25) is 0 Å². The molecule has 1 saturated heterocycles. The number of amides is 2. The van der Waals surface area contributed by atoms with E-state index in [2.05, 4.69) is 33.2 Å². The first-order valence-electron chi connectivity index (χ1n) is 18.5. The van der Waals surface area contributed by atoms with E-state index in [9.17, 15) is 24.3 Å². The molecule has 1 fully saturated rings. The molecule has 0 saturated carbocycles. The van der Waals surface area contributed by atoms with Gasteiger partial charge in [-0.1, -0.05) is 72.8 Å². The molecular formula is C44H45IN2O9. The summed E-state index contributed by atoms with van der Waals surface area (Å²) in [4.78, 5) is 52.6. The van der Waals surface area contributed by atoms with Crippen molar-refractivity contribution in [1.29, 1.82) is 0 Å². The van der Waals surface area contributed by atoms with E-state index in [-0.39, 0.29) is 32.4 Å². The summed E-state index contributed by atoms with van der Waals surface area (Å²) < 4.78 is 26.0. The Morgan fingerprint density at radius 1 is 0.857 bits per heavy atom. The quantitative estimate of drug-likeness (QED) is 0.103. The van der Waals surface area contributed by atoms with Crippen molar-refractivity contribution in [1.82, 2.24) is 10.6 Å². The molecule has 2 amide bonds. The monoisotopic (exact) mass is 872 g/mol. The highest BCUT2D eigenvalue weighted by Crippen LogP contribution is 2.47. The van der Waals surface area contributed by atoms with Gasteiger partial charge in [0.05, 0.1) is 18.2 Å². The summed E-state index contributed by atoms with van der Waals surface area (Å²) in [6.45, 7) is 5.06. The Hall–Kier alpha value is -4.89. The first-order chi connectivity index (χ1) is 26.8. The van der Waals surface area contributed by atoms with Crippen molar-refractivity contribution in [2.24, 2.45) is 0 Å². The standard InChI is InChI=1S/C44H45IN2O9/c1-43(2,3)55-38(49)22-21-35(27-48)47-41(51)30-12-10-11-28(23-30)26-46-40(50)31-24-36(53-42(52)29-17-19-34(45)20-18-29)39-37(25-31)54-44(56-39,32-13-6-4-7-14-32)33-15-8-5-9-16-33/h4-20,23,25,35-37,39,48H,21-22,24,26-27H2,1-3H3,(H,46,50)(H,47,51)/t35-,36+,37+,39-/m0/s1. The maximum Gasteiger partial charge on any atom is 0.338 e. The summed E-state index contributed by atoms with van der Waals surface area (Å²) in [7, 11) is 0. The highest BCUT2D eigenvalue weighted by molar-refractivity contribution is 14.1. The molecule has 4 atom stereocenters. The topological polar surface area (TPSA) is 149 Å². The third kappa shape index (κ3) is 10.1. The predicted molar refractivity (Wildman–Crippen MR) is 216 cm³/mol. The van der Waals surface area contributed by atoms with Gasteiger partial charge in [0, 0.05) is 45.2 Å². The van der Waals surface area contributed by atoms with E-state index >= 15 is 0 Å². The Labute approximate surface area is 339 Å². The average molecular weight is 873 g/mol. The Kier molecular flexibility index (Phi) is 13.0. The number of aliphatic hydroxyl groups is 1. The second-order valence-corrected chi connectivity index (χ2v) is 16.0. The number of carbonyl (C=O) groups is 4. The minimum Gasteiger partial charge on any atom is -0.460 e. The van der Waals surface area contributed by atoms with E-state index in [1.165, 1.54) is 0 Å². The van der Waals surface area contributed by atoms with Crippen molar-refractivity contribution in [3.63, 3.8) is 0 Å². The predicted octanol–water partition coefficient (Wildman–Crippen LogP) is 6.36. The van der Waals surface area contributed by atoms with Crippen LogP contribution in [-0.4, -0.2) is 65.4 Å². The first-order valence-corrected chi connectivity index (χ1v) is 19.6. The molecule has 12 heteroatoms. The number of carbonyl (C=O) groups excluding carboxylic acids is 4. The van der Waals surface area contributed by atoms with Gasteiger partial charge in [0.2, 0.25) is 11.7 Å². The summed E-state index contributed by atoms with van der Waals surface area (Å²) in [5.41, 5.74) is 2.58. The molecule has 2 aliphatic rings. The van der Waals surface area contributed by atoms with E-state index in [4.69, 9.17) is 18.9 Å². The van der Waals surface area contributed by atoms with E-state index in [1.54, 1.807) is 63.2 Å². The maximum atomic E-state index is 13.9. The molecular weight excluding hydrogens is 827 g/mol. The number of halogens is 1. The minimum atomic E-state index is -1.33. The maximum absolute atomic E-state index is 13.9. The van der Waals surface area contributed by atoms with Crippen LogP contribution in [0.25, 0.3) is 0 Å². The Morgan fingerprint density at radius 2 is 1.52 bits per heavy atom. The molecule has 11 nitrogen and oxygen atoms in total. The molecule has 56 heavy (non-hydrogen) atoms. The molecule has 0 bridgehead atoms. The lowest BCUT2D eigenvalue weighted by Gasteiger charge is -2.31. The number of aliphatic hydroxyl groups excluding tert-OH is 1. The van der Waals surface area contributed by atoms with Crippen LogP contribution in [0.3, 0.4) is 0 Å². The molecule has 1 heterocycles. The lowest BCUT2D eigenvalue weighted by molar-refractivity contribution is -0.157. The number of esters is 2. The zero-order valence-corrected chi connectivity index (χ0v) is 33.6. The van der Waals surface area contributed by atoms with Gasteiger partial charge < -0.3 is 34.7 Å². The number of hydrogen-bond acceptors (Lipinski definition) is 9. The number of rotatable bonds is 13. The van der Waals surface area contributed by atoms with Crippen molar-refractivity contribution in [2.75, 3.05) is 6.61 Å². The van der Waals surface area contributed by atoms with Gasteiger partial charge in [-0.05, 0) is 97.8 Å². The van der Waals surface area contributed by atoms with Gasteiger partial charge in [0.1, 0.15) is 23.9 Å². The number of hydrogen-bond donors (Lipinski definition) is 3. The van der Waals surface area contributed by atoms with E-state index < -0.39 is 59.5 Å². The molecule has 3 N–H and O–H groups in total. The lowest BCUT2D eigenvalue weighted by atomic mass is 9.91. The molecule has 4 aromatic carbocycles. The van der Waals surface area contributed by atoms with Crippen molar-refractivity contribution in [2.45, 2.75) is 82.3 Å². The summed E-state index contributed by atoms with van der Waals surface area (Å²) >= 11 is 2.17. The zero-order valence-electron chi connectivity index (χ0n) is 31.4. The van der Waals surface area contributed by atoms with Crippen molar-refractivity contribution >= 4 is 46.3 Å². The number of ether oxygens (including phenoxy) is 4. The van der Waals surface area contributed by atoms with Crippen molar-refractivity contribution in [3.8, 4) is 0 Å². The second kappa shape index (κ2) is 17.9. The van der Waals surface area contributed by atoms with Gasteiger partial charge >= 0.3 is 11.9 Å². The Balaban J connectivity index is 1.18. The third-order valence-electron chi connectivity index (χ3n) is 9.33. The highest BCUT2D eigenvalue weighted by Gasteiger charge is 2.55. The first kappa shape index (κ1) is 40.8. The summed E-state index contributed by atoms with van der Waals surface area (Å²) in [5, 5.41) is 15.6. The van der Waals surface area contributed by atoms with Gasteiger partial charge in [0.25, 0.3) is 5.91 Å². The molecule has 6 rings (SSSR count). The van der Waals surface area contributed by atoms with Crippen LogP contribution >= 0.6 is 22.6 Å². The van der Waals surface area contributed by atoms with Gasteiger partial charge in [-0.2, -0.15) is 0 Å². The number of fused-ring (bicyclic) bond motifs is 1. The Bertz CT molecular complexity index is 2010. The summed E-state index contributed by atoms with van der Waals surface area (Å²) in [6.07, 6.45) is -0.303. The molecule has 0 spiro atoms. The van der Waals surface area contributed by atoms with Gasteiger partial charge in [0.15, 0.2) is 0 Å². The highest BCUT2D eigenvalue weighted by atomic mass is 127. The fourth-order valence-corrected chi connectivity index (χ4v) is 7.02. The average Bonchev–Trinajstić information content (AvgIpc) is 3.60. The normalized spacial score (nSPS) is 19.2. The zero-order chi connectivity index (χ0) is 39.9. The van der Waals surface area contributed by atoms with Crippen LogP contribution in [0.4, 0.5) is 0 Å². The molecule has 4 aromatic rings. The molecule has 1 aliphatic heterocycles. The van der Waals surface area contributed by atoms with Gasteiger partial charge in [-0.25, -0.2) is 4.79 Å². The fraction of sp³-hybridized carbons (Fsp3) is 0.318. The van der Waals surface area contributed by atoms with Crippen LogP contribution in [0.15, 0.2) is 121 Å². The van der Waals surface area contributed by atoms with Crippen molar-refractivity contribution < 1.29 is 43.2 Å². The largest absolute Gasteiger partial charge is 0.460 e. The molecule has 292 valence electrons. The van der Waals surface area contributed by atoms with E-state index in [0.29, 0.717) is 22.3 Å². The fourth-order valence-electron chi connectivity index (χ4n) is 6.66. The summed E-state index contributed by atoms with van der Waals surface area (Å²) in [6, 6.07) is 32.2. The van der Waals surface area contributed by atoms with Gasteiger partial charge in [-0.3, -0.25) is 14.4 Å². The second-order valence-electron chi connectivity index (χ2n) is 14.7. The third-order valence-corrected chi connectivity index (χ3v) is 10.1. The van der Waals surface area contributed by atoms with Crippen LogP contribution < -0.4 is 10.6 Å². The smallest absolute Gasteiger partial charge is 0.338 e. The van der Waals surface area contributed by atoms with E-state index in [0.717, 1.165) is 14.7 Å². The number of nitrogens with one attached hydrogen (secondary N) is 2. The Morgan fingerprint density at radius 3 is 2.14 bits per heavy atom. The van der Waals surface area contributed by atoms with Crippen LogP contribution in [0.5, 0.6) is 0 Å². The SMILES string of the molecule is CC(C)(C)OC(=O)CC[C@@H](CO)NC(=O)c1cccc(CNC(=O)C2=C[C@H]3OC(c4ccccc4)(c4ccccc4)O[C@H]3[C@H](OC(=O)c3ccc(I)cc3)C2)c1. The van der Waals surface area contributed by atoms with Crippen molar-refractivity contribution in [3.05, 3.63) is 152 Å². The van der Waals surface area contributed by atoms with E-state index in [1.807, 2.05) is 72.8 Å². The molecule has 1 aliphatic carbocycles. The van der Waals surface area contributed by atoms with Gasteiger partial charge in [-0.15, -0.1) is 0 Å². The summed E-state index contributed by atoms with van der Waals surface area (Å²) in [5.74, 6) is -3.12. The molecule has 0 unspecified atom stereocenters. The molecule has 0 aromatic heterocycles.